The van der Waals surface area contributed by atoms with Crippen LogP contribution in [-0.4, -0.2) is 30.4 Å². The summed E-state index contributed by atoms with van der Waals surface area (Å²) < 4.78 is 0. The fraction of sp³-hybridized carbons (Fsp3) is 0.588. The first-order chi connectivity index (χ1) is 9.68. The van der Waals surface area contributed by atoms with Gasteiger partial charge in [0, 0.05) is 12.5 Å². The van der Waals surface area contributed by atoms with E-state index >= 15 is 0 Å². The van der Waals surface area contributed by atoms with Crippen molar-refractivity contribution in [3.8, 4) is 0 Å². The number of nitrogens with one attached hydrogen (secondary N) is 1. The van der Waals surface area contributed by atoms with Gasteiger partial charge in [-0.2, -0.15) is 0 Å². The second kappa shape index (κ2) is 6.80. The van der Waals surface area contributed by atoms with Gasteiger partial charge in [-0.1, -0.05) is 31.2 Å². The lowest BCUT2D eigenvalue weighted by molar-refractivity contribution is -0.138. The first kappa shape index (κ1) is 16.3. The van der Waals surface area contributed by atoms with Crippen LogP contribution in [0.25, 0.3) is 0 Å². The molecule has 1 amide bonds. The van der Waals surface area contributed by atoms with Crippen molar-refractivity contribution in [3.63, 3.8) is 0 Å². The molecule has 0 aliphatic carbocycles. The van der Waals surface area contributed by atoms with E-state index < -0.39 is 0 Å². The molecule has 1 aromatic carbocycles. The van der Waals surface area contributed by atoms with E-state index in [2.05, 4.69) is 48.3 Å². The number of nitrogens with zero attached hydrogens (tertiary/aromatic N) is 1. The van der Waals surface area contributed by atoms with Crippen LogP contribution in [0, 0.1) is 18.8 Å². The van der Waals surface area contributed by atoms with Gasteiger partial charge in [0.15, 0.2) is 0 Å². The minimum absolute atomic E-state index is 0. The minimum Gasteiger partial charge on any atom is -0.335 e. The van der Waals surface area contributed by atoms with Crippen LogP contribution in [0.5, 0.6) is 0 Å². The van der Waals surface area contributed by atoms with E-state index in [1.165, 1.54) is 11.1 Å². The number of likely N-dealkylation sites (tertiary alicyclic amines) is 1. The third kappa shape index (κ3) is 3.09. The molecule has 0 aromatic heterocycles. The molecule has 2 heterocycles. The van der Waals surface area contributed by atoms with Crippen LogP contribution in [0.15, 0.2) is 24.3 Å². The van der Waals surface area contributed by atoms with Crippen molar-refractivity contribution in [2.75, 3.05) is 19.6 Å². The second-order valence-electron chi connectivity index (χ2n) is 6.25. The minimum atomic E-state index is 0. The maximum Gasteiger partial charge on any atom is 0.226 e. The Kier molecular flexibility index (Phi) is 5.28. The maximum absolute atomic E-state index is 12.8. The van der Waals surface area contributed by atoms with E-state index in [0.717, 1.165) is 32.5 Å². The predicted molar refractivity (Wildman–Crippen MR) is 87.6 cm³/mol. The Morgan fingerprint density at radius 3 is 2.67 bits per heavy atom. The van der Waals surface area contributed by atoms with Crippen LogP contribution in [0.3, 0.4) is 0 Å². The number of carbonyl (C=O) groups is 1. The maximum atomic E-state index is 12.8. The van der Waals surface area contributed by atoms with E-state index in [0.29, 0.717) is 17.9 Å². The summed E-state index contributed by atoms with van der Waals surface area (Å²) in [5, 5.41) is 3.27. The van der Waals surface area contributed by atoms with Crippen molar-refractivity contribution in [1.29, 1.82) is 0 Å². The average Bonchev–Trinajstić information content (AvgIpc) is 2.85. The van der Waals surface area contributed by atoms with Gasteiger partial charge in [0.2, 0.25) is 5.91 Å². The number of rotatable bonds is 3. The number of benzene rings is 1. The predicted octanol–water partition coefficient (Wildman–Crippen LogP) is 2.94. The Hall–Kier alpha value is -1.06. The van der Waals surface area contributed by atoms with Crippen molar-refractivity contribution in [3.05, 3.63) is 35.4 Å². The summed E-state index contributed by atoms with van der Waals surface area (Å²) in [5.74, 6) is 1.03. The summed E-state index contributed by atoms with van der Waals surface area (Å²) in [4.78, 5) is 14.9. The SMILES string of the molecule is Cc1ccccc1C1CCCN1C(=O)C(C)C1CNC1.Cl. The third-order valence-corrected chi connectivity index (χ3v) is 4.99. The quantitative estimate of drug-likeness (QED) is 0.931. The second-order valence-corrected chi connectivity index (χ2v) is 6.25. The topological polar surface area (TPSA) is 32.3 Å². The Bertz CT molecular complexity index is 501. The lowest BCUT2D eigenvalue weighted by Gasteiger charge is -2.36. The third-order valence-electron chi connectivity index (χ3n) is 4.99. The molecule has 21 heavy (non-hydrogen) atoms. The highest BCUT2D eigenvalue weighted by atomic mass is 35.5. The van der Waals surface area contributed by atoms with Gasteiger partial charge in [0.1, 0.15) is 0 Å². The van der Waals surface area contributed by atoms with E-state index in [9.17, 15) is 4.79 Å². The molecule has 2 saturated heterocycles. The summed E-state index contributed by atoms with van der Waals surface area (Å²) in [5.41, 5.74) is 2.63. The number of halogens is 1. The Morgan fingerprint density at radius 1 is 1.33 bits per heavy atom. The van der Waals surface area contributed by atoms with Gasteiger partial charge in [0.25, 0.3) is 0 Å². The van der Waals surface area contributed by atoms with Crippen molar-refractivity contribution in [2.24, 2.45) is 11.8 Å². The van der Waals surface area contributed by atoms with Gasteiger partial charge < -0.3 is 10.2 Å². The highest BCUT2D eigenvalue weighted by molar-refractivity contribution is 5.85. The van der Waals surface area contributed by atoms with Crippen LogP contribution < -0.4 is 5.32 Å². The van der Waals surface area contributed by atoms with Crippen molar-refractivity contribution in [2.45, 2.75) is 32.7 Å². The highest BCUT2D eigenvalue weighted by Crippen LogP contribution is 2.35. The molecular weight excluding hydrogens is 284 g/mol. The molecule has 2 atom stereocenters. The lowest BCUT2D eigenvalue weighted by Crippen LogP contribution is -2.50. The normalized spacial score (nSPS) is 23.3. The fourth-order valence-corrected chi connectivity index (χ4v) is 3.44. The summed E-state index contributed by atoms with van der Waals surface area (Å²) in [6.45, 7) is 7.16. The molecule has 2 unspecified atom stereocenters. The lowest BCUT2D eigenvalue weighted by atomic mass is 9.87. The fourth-order valence-electron chi connectivity index (χ4n) is 3.44. The van der Waals surface area contributed by atoms with E-state index in [1.807, 2.05) is 0 Å². The van der Waals surface area contributed by atoms with Crippen molar-refractivity contribution in [1.82, 2.24) is 10.2 Å². The summed E-state index contributed by atoms with van der Waals surface area (Å²) in [6, 6.07) is 8.78. The first-order valence-corrected chi connectivity index (χ1v) is 7.75. The van der Waals surface area contributed by atoms with Crippen LogP contribution in [0.4, 0.5) is 0 Å². The number of amides is 1. The molecule has 4 heteroatoms. The Balaban J connectivity index is 0.00000161. The van der Waals surface area contributed by atoms with Crippen LogP contribution in [-0.2, 0) is 4.79 Å². The summed E-state index contributed by atoms with van der Waals surface area (Å²) >= 11 is 0. The van der Waals surface area contributed by atoms with Crippen LogP contribution in [0.2, 0.25) is 0 Å². The van der Waals surface area contributed by atoms with E-state index in [-0.39, 0.29) is 18.3 Å². The van der Waals surface area contributed by atoms with Crippen molar-refractivity contribution < 1.29 is 4.79 Å². The van der Waals surface area contributed by atoms with Crippen LogP contribution >= 0.6 is 12.4 Å². The summed E-state index contributed by atoms with van der Waals surface area (Å²) in [7, 11) is 0. The van der Waals surface area contributed by atoms with Gasteiger partial charge in [-0.15, -0.1) is 12.4 Å². The standard InChI is InChI=1S/C17H24N2O.ClH/c1-12-6-3-4-7-15(12)16-8-5-9-19(16)17(20)13(2)14-10-18-11-14;/h3-4,6-7,13-14,16,18H,5,8-11H2,1-2H3;1H. The number of hydrogen-bond donors (Lipinski definition) is 1. The van der Waals surface area contributed by atoms with Crippen LogP contribution in [0.1, 0.15) is 36.9 Å². The molecule has 0 saturated carbocycles. The Labute approximate surface area is 133 Å². The van der Waals surface area contributed by atoms with Gasteiger partial charge in [-0.05, 0) is 49.9 Å². The molecule has 116 valence electrons. The first-order valence-electron chi connectivity index (χ1n) is 7.75. The number of carbonyl (C=O) groups excluding carboxylic acids is 1. The zero-order valence-corrected chi connectivity index (χ0v) is 13.7. The molecule has 1 aromatic rings. The van der Waals surface area contributed by atoms with E-state index in [1.54, 1.807) is 0 Å². The molecule has 1 N–H and O–H groups in total. The summed E-state index contributed by atoms with van der Waals surface area (Å²) in [6.07, 6.45) is 2.23. The molecule has 0 radical (unpaired) electrons. The molecule has 0 spiro atoms. The largest absolute Gasteiger partial charge is 0.335 e. The zero-order chi connectivity index (χ0) is 14.1. The molecule has 2 aliphatic rings. The molecular formula is C17H25ClN2O. The van der Waals surface area contributed by atoms with Gasteiger partial charge in [-0.25, -0.2) is 0 Å². The average molecular weight is 309 g/mol. The van der Waals surface area contributed by atoms with Gasteiger partial charge in [-0.3, -0.25) is 4.79 Å². The molecule has 2 fully saturated rings. The highest BCUT2D eigenvalue weighted by Gasteiger charge is 2.37. The number of hydrogen-bond acceptors (Lipinski definition) is 2. The van der Waals surface area contributed by atoms with E-state index in [4.69, 9.17) is 0 Å². The molecule has 3 nitrogen and oxygen atoms in total. The monoisotopic (exact) mass is 308 g/mol. The van der Waals surface area contributed by atoms with Gasteiger partial charge >= 0.3 is 0 Å². The van der Waals surface area contributed by atoms with Gasteiger partial charge in [0.05, 0.1) is 6.04 Å². The number of aryl methyl sites for hydroxylation is 1. The molecule has 2 aliphatic heterocycles. The zero-order valence-electron chi connectivity index (χ0n) is 12.8. The van der Waals surface area contributed by atoms with Crippen molar-refractivity contribution >= 4 is 18.3 Å². The smallest absolute Gasteiger partial charge is 0.226 e. The molecule has 0 bridgehead atoms. The Morgan fingerprint density at radius 2 is 2.05 bits per heavy atom. The molecule has 3 rings (SSSR count).